The summed E-state index contributed by atoms with van der Waals surface area (Å²) in [4.78, 5) is 0. The smallest absolute Gasteiger partial charge is 0.136 e. The fraction of sp³-hybridized carbons (Fsp3) is 0. The highest BCUT2D eigenvalue weighted by molar-refractivity contribution is 6.30. The van der Waals surface area contributed by atoms with Gasteiger partial charge in [-0.05, 0) is 293 Å². The molecule has 3 heterocycles. The van der Waals surface area contributed by atoms with Crippen molar-refractivity contribution in [3.05, 3.63) is 558 Å². The molecule has 26 aromatic carbocycles. The van der Waals surface area contributed by atoms with Crippen molar-refractivity contribution < 1.29 is 46.1 Å². The molecule has 0 radical (unpaired) electrons. The molecule has 686 valence electrons. The standard InChI is InChI=1S/2C50H32O.C44H28O/c1-4-16-33(17-5-1)36-30-37(34-18-6-2-7-19-34)32-38(31-36)39-26-14-28-45-49(39)50-44(27-15-29-46(50)51-45)48-42-24-12-10-22-40(42)47(35-20-8-3-9-21-35)41-23-11-13-25-43(41)48;1-3-12-33(13-4-1)34-22-24-35(25-23-34)36-26-28-37(29-27-36)39-30-31-46-45(32-39)50-44(20-11-21-47(50)51-46)49-42-18-9-7-16-40(42)48(38-14-5-2-6-15-38)41-17-8-10-19-43(41)49;1-3-13-29(14-4-1)31-17-11-18-32(27-31)33-25-26-38-41(28-33)45-40-24-12-23-39(44(38)40)43-36-21-9-7-19-34(36)42(30-15-5-2-6-16-30)35-20-8-10-22-37(35)43/h2*1-32H;1-28H/i10D,11D,12D,13D,22D,23D,24D,25D;7D,8D,9D,10D,16D,17D,18D,19D;7D,8D,9D,10D,19D,20D,21D,22D. The van der Waals surface area contributed by atoms with Crippen molar-refractivity contribution in [3.8, 4) is 156 Å². The van der Waals surface area contributed by atoms with Gasteiger partial charge in [0.25, 0.3) is 0 Å². The van der Waals surface area contributed by atoms with Gasteiger partial charge >= 0.3 is 0 Å². The maximum atomic E-state index is 9.49. The topological polar surface area (TPSA) is 39.4 Å². The molecule has 0 fully saturated rings. The van der Waals surface area contributed by atoms with Gasteiger partial charge in [-0.3, -0.25) is 0 Å². The number of rotatable bonds is 14. The molecule has 3 aromatic heterocycles. The zero-order valence-electron chi connectivity index (χ0n) is 102. The lowest BCUT2D eigenvalue weighted by molar-refractivity contribution is 0.668. The van der Waals surface area contributed by atoms with Crippen LogP contribution >= 0.6 is 0 Å². The summed E-state index contributed by atoms with van der Waals surface area (Å²) in [6, 6.07) is 125. The Labute approximate surface area is 885 Å². The van der Waals surface area contributed by atoms with Crippen molar-refractivity contribution >= 4 is 130 Å². The van der Waals surface area contributed by atoms with Crippen molar-refractivity contribution in [3.63, 3.8) is 0 Å². The second-order valence-electron chi connectivity index (χ2n) is 36.3. The molecule has 3 heteroatoms. The van der Waals surface area contributed by atoms with E-state index in [1.54, 1.807) is 84.9 Å². The summed E-state index contributed by atoms with van der Waals surface area (Å²) in [6.45, 7) is 0. The average molecular weight is 1890 g/mol. The van der Waals surface area contributed by atoms with Crippen LogP contribution in [0, 0.1) is 0 Å². The molecule has 29 rings (SSSR count). The molecule has 29 aromatic rings. The molecule has 147 heavy (non-hydrogen) atoms. The Morgan fingerprint density at radius 1 is 0.116 bits per heavy atom. The molecule has 0 aliphatic heterocycles. The van der Waals surface area contributed by atoms with E-state index in [2.05, 4.69) is 133 Å². The van der Waals surface area contributed by atoms with E-state index in [1.807, 2.05) is 194 Å². The highest BCUT2D eigenvalue weighted by Gasteiger charge is 2.27. The highest BCUT2D eigenvalue weighted by Crippen LogP contribution is 2.54. The molecule has 0 amide bonds. The van der Waals surface area contributed by atoms with E-state index >= 15 is 0 Å². The Morgan fingerprint density at radius 3 is 0.701 bits per heavy atom. The van der Waals surface area contributed by atoms with Crippen LogP contribution in [0.5, 0.6) is 0 Å². The molecule has 0 saturated heterocycles. The summed E-state index contributed by atoms with van der Waals surface area (Å²) in [6.07, 6.45) is 0. The third kappa shape index (κ3) is 15.7. The summed E-state index contributed by atoms with van der Waals surface area (Å²) in [5.41, 5.74) is 24.9. The van der Waals surface area contributed by atoms with Crippen LogP contribution in [0.15, 0.2) is 571 Å². The summed E-state index contributed by atoms with van der Waals surface area (Å²) in [7, 11) is 0. The largest absolute Gasteiger partial charge is 0.456 e. The Balaban J connectivity index is 0.000000122. The normalized spacial score (nSPS) is 13.8. The van der Waals surface area contributed by atoms with Crippen LogP contribution in [-0.4, -0.2) is 0 Å². The van der Waals surface area contributed by atoms with E-state index in [0.29, 0.717) is 105 Å². The first-order valence-corrected chi connectivity index (χ1v) is 48.5. The molecule has 0 atom stereocenters. The van der Waals surface area contributed by atoms with Crippen LogP contribution in [0.25, 0.3) is 286 Å². The van der Waals surface area contributed by atoms with Gasteiger partial charge in [-0.2, -0.15) is 0 Å². The minimum absolute atomic E-state index is 0.157. The predicted molar refractivity (Wildman–Crippen MR) is 622 cm³/mol. The van der Waals surface area contributed by atoms with Crippen molar-refractivity contribution in [1.29, 1.82) is 0 Å². The number of hydrogen-bond acceptors (Lipinski definition) is 3. The van der Waals surface area contributed by atoms with E-state index in [-0.39, 0.29) is 148 Å². The minimum atomic E-state index is -0.445. The predicted octanol–water partition coefficient (Wildman–Crippen LogP) is 41.0. The zero-order valence-corrected chi connectivity index (χ0v) is 78.5. The van der Waals surface area contributed by atoms with E-state index in [9.17, 15) is 16.4 Å². The Kier molecular flexibility index (Phi) is 16.5. The summed E-state index contributed by atoms with van der Waals surface area (Å²) >= 11 is 0. The molecule has 0 saturated carbocycles. The molecule has 3 nitrogen and oxygen atoms in total. The van der Waals surface area contributed by atoms with Gasteiger partial charge in [0.05, 0.1) is 32.9 Å². The molecule has 0 aliphatic carbocycles. The van der Waals surface area contributed by atoms with E-state index < -0.39 is 72.5 Å². The third-order valence-corrected chi connectivity index (χ3v) is 27.9. The molecular formula is C144H92O3. The van der Waals surface area contributed by atoms with Gasteiger partial charge in [-0.25, -0.2) is 0 Å². The molecule has 0 bridgehead atoms. The number of furan rings is 3. The fourth-order valence-corrected chi connectivity index (χ4v) is 21.3. The SMILES string of the molecule is [2H]c1c([2H])c([2H])c2c(-c3cccc4oc5cc(-c6cccc(-c7ccccc7)c6)ccc5c34)c3c([2H])c([2H])c([2H])c([2H])c3c(-c3ccccc3)c2c1[2H].[2H]c1c([2H])c([2H])c2c(-c3cccc4oc5ccc(-c6ccc(-c7ccc(-c8ccccc8)cc7)cc6)cc5c34)c3c([2H])c([2H])c([2H])c([2H])c3c(-c3ccccc3)c2c1[2H].[2H]c1c([2H])c([2H])c2c(-c3cccc4oc5cccc(-c6cc(-c7ccccc7)cc(-c7ccccc7)c6)c5c34)c3c([2H])c([2H])c([2H])c([2H])c3c(-c3ccccc3)c2c1[2H]. The summed E-state index contributed by atoms with van der Waals surface area (Å²) < 4.78 is 237. The van der Waals surface area contributed by atoms with Crippen molar-refractivity contribution in [2.45, 2.75) is 0 Å². The first kappa shape index (κ1) is 64.9. The van der Waals surface area contributed by atoms with Crippen molar-refractivity contribution in [2.75, 3.05) is 0 Å². The van der Waals surface area contributed by atoms with E-state index in [4.69, 9.17) is 29.7 Å². The van der Waals surface area contributed by atoms with Crippen molar-refractivity contribution in [2.24, 2.45) is 0 Å². The van der Waals surface area contributed by atoms with Gasteiger partial charge in [-0.1, -0.05) is 485 Å². The number of benzene rings is 26. The van der Waals surface area contributed by atoms with Crippen LogP contribution in [-0.2, 0) is 0 Å². The van der Waals surface area contributed by atoms with Gasteiger partial charge < -0.3 is 13.3 Å². The molecule has 0 spiro atoms. The zero-order chi connectivity index (χ0) is 118. The second-order valence-corrected chi connectivity index (χ2v) is 36.3. The highest BCUT2D eigenvalue weighted by atomic mass is 16.3. The molecule has 0 aliphatic rings. The van der Waals surface area contributed by atoms with Gasteiger partial charge in [0, 0.05) is 32.3 Å². The number of hydrogen-bond donors (Lipinski definition) is 0. The van der Waals surface area contributed by atoms with Crippen LogP contribution in [0.3, 0.4) is 0 Å². The number of fused-ring (bicyclic) bond motifs is 15. The maximum absolute atomic E-state index is 9.49. The van der Waals surface area contributed by atoms with Crippen LogP contribution in [0.2, 0.25) is 0 Å². The summed E-state index contributed by atoms with van der Waals surface area (Å²) in [5.74, 6) is 0. The molecule has 0 unspecified atom stereocenters. The van der Waals surface area contributed by atoms with Gasteiger partial charge in [0.15, 0.2) is 0 Å². The first-order valence-electron chi connectivity index (χ1n) is 60.5. The van der Waals surface area contributed by atoms with Gasteiger partial charge in [0.1, 0.15) is 33.5 Å². The Hall–Kier alpha value is -19.3. The average Bonchev–Trinajstić information content (AvgIpc) is 1.70. The lowest BCUT2D eigenvalue weighted by atomic mass is 9.84. The molecule has 0 N–H and O–H groups in total. The molecular weight excluding hydrogens is 1780 g/mol. The minimum Gasteiger partial charge on any atom is -0.456 e. The van der Waals surface area contributed by atoms with E-state index in [1.165, 1.54) is 5.56 Å². The Bertz CT molecular complexity index is 11400. The monoisotopic (exact) mass is 1890 g/mol. The Morgan fingerprint density at radius 2 is 0.333 bits per heavy atom. The fourth-order valence-electron chi connectivity index (χ4n) is 21.3. The summed E-state index contributed by atoms with van der Waals surface area (Å²) in [5, 5.41) is 6.29. The third-order valence-electron chi connectivity index (χ3n) is 27.9. The maximum Gasteiger partial charge on any atom is 0.136 e. The van der Waals surface area contributed by atoms with Gasteiger partial charge in [-0.15, -0.1) is 0 Å². The van der Waals surface area contributed by atoms with Crippen molar-refractivity contribution in [1.82, 2.24) is 0 Å². The lowest BCUT2D eigenvalue weighted by Crippen LogP contribution is -1.91. The van der Waals surface area contributed by atoms with Crippen LogP contribution < -0.4 is 0 Å². The quantitative estimate of drug-likeness (QED) is 0.102. The van der Waals surface area contributed by atoms with Gasteiger partial charge in [0.2, 0.25) is 0 Å². The second kappa shape index (κ2) is 37.3. The lowest BCUT2D eigenvalue weighted by Gasteiger charge is -2.18. The van der Waals surface area contributed by atoms with Crippen LogP contribution in [0.4, 0.5) is 0 Å². The van der Waals surface area contributed by atoms with E-state index in [0.717, 1.165) is 99.6 Å². The van der Waals surface area contributed by atoms with Crippen LogP contribution in [0.1, 0.15) is 32.9 Å². The first-order chi connectivity index (χ1) is 82.9.